The Hall–Kier alpha value is -0.569. The largest absolute Gasteiger partial charge is 0.118 e. The zero-order valence-corrected chi connectivity index (χ0v) is 24.4. The van der Waals surface area contributed by atoms with Gasteiger partial charge < -0.3 is 0 Å². The minimum absolute atomic E-state index is 0. The van der Waals surface area contributed by atoms with Gasteiger partial charge in [0.05, 0.1) is 8.99 Å². The summed E-state index contributed by atoms with van der Waals surface area (Å²) in [6, 6.07) is 13.3. The third-order valence-corrected chi connectivity index (χ3v) is 11.0. The monoisotopic (exact) mass is 514 g/mol. The first-order chi connectivity index (χ1) is 14.4. The van der Waals surface area contributed by atoms with Crippen molar-refractivity contribution < 1.29 is 21.7 Å². The van der Waals surface area contributed by atoms with Crippen LogP contribution in [0.4, 0.5) is 0 Å². The number of hydrogen-bond acceptors (Lipinski definition) is 0. The average Bonchev–Trinajstić information content (AvgIpc) is 3.04. The molecule has 0 aliphatic heterocycles. The molecule has 2 aliphatic carbocycles. The molecule has 0 bridgehead atoms. The number of allylic oxidation sites excluding steroid dienone is 4. The molecule has 2 unspecified atom stereocenters. The van der Waals surface area contributed by atoms with Gasteiger partial charge in [0, 0.05) is 21.7 Å². The van der Waals surface area contributed by atoms with Crippen LogP contribution in [0.1, 0.15) is 101 Å². The molecule has 4 rings (SSSR count). The molecule has 0 amide bonds. The molecule has 2 aromatic rings. The second-order valence-electron chi connectivity index (χ2n) is 9.79. The van der Waals surface area contributed by atoms with E-state index >= 15 is 0 Å². The first-order valence-electron chi connectivity index (χ1n) is 11.3. The van der Waals surface area contributed by atoms with Crippen molar-refractivity contribution in [1.29, 1.82) is 0 Å². The number of halogens is 2. The van der Waals surface area contributed by atoms with E-state index in [1.165, 1.54) is 55.7 Å². The Morgan fingerprint density at radius 3 is 1.31 bits per heavy atom. The van der Waals surface area contributed by atoms with Crippen molar-refractivity contribution in [2.45, 2.75) is 76.2 Å². The summed E-state index contributed by atoms with van der Waals surface area (Å²) < 4.78 is -1.16. The van der Waals surface area contributed by atoms with Crippen molar-refractivity contribution in [3.8, 4) is 0 Å². The van der Waals surface area contributed by atoms with E-state index in [0.29, 0.717) is 21.4 Å². The molecule has 0 saturated carbocycles. The fraction of sp³-hybridized carbons (Fsp3) is 0.429. The van der Waals surface area contributed by atoms with Crippen LogP contribution in [0.15, 0.2) is 47.5 Å². The molecule has 0 fully saturated rings. The van der Waals surface area contributed by atoms with Gasteiger partial charge in [-0.15, -0.1) is 23.2 Å². The summed E-state index contributed by atoms with van der Waals surface area (Å²) in [6.45, 7) is 17.9. The molecule has 0 N–H and O–H groups in total. The number of alkyl halides is 2. The fourth-order valence-electron chi connectivity index (χ4n) is 5.37. The second-order valence-corrected chi connectivity index (χ2v) is 13.3. The van der Waals surface area contributed by atoms with E-state index < -0.39 is 8.99 Å². The van der Waals surface area contributed by atoms with Gasteiger partial charge in [-0.1, -0.05) is 64.1 Å². The van der Waals surface area contributed by atoms with E-state index in [9.17, 15) is 0 Å². The SMILES string of the molecule is CC1=C(C)C(Cl)([Si]C2(Cl)C(C)=C(C)c3c(C(C)C)cccc32)c2cccc(C(C)C)c21.[Ti]. The van der Waals surface area contributed by atoms with Gasteiger partial charge in [-0.3, -0.25) is 0 Å². The van der Waals surface area contributed by atoms with Gasteiger partial charge in [0.25, 0.3) is 0 Å². The van der Waals surface area contributed by atoms with Crippen molar-refractivity contribution in [3.05, 3.63) is 80.9 Å². The van der Waals surface area contributed by atoms with Crippen LogP contribution in [0.5, 0.6) is 0 Å². The molecule has 2 aromatic carbocycles. The van der Waals surface area contributed by atoms with Crippen LogP contribution >= 0.6 is 23.2 Å². The maximum absolute atomic E-state index is 7.62. The summed E-state index contributed by atoms with van der Waals surface area (Å²) >= 11 is 15.2. The quantitative estimate of drug-likeness (QED) is 0.282. The van der Waals surface area contributed by atoms with E-state index in [1.807, 2.05) is 0 Å². The molecule has 0 nitrogen and oxygen atoms in total. The van der Waals surface area contributed by atoms with Crippen LogP contribution in [-0.2, 0) is 30.7 Å². The van der Waals surface area contributed by atoms with Gasteiger partial charge in [-0.05, 0) is 95.2 Å². The van der Waals surface area contributed by atoms with Crippen LogP contribution in [0.2, 0.25) is 0 Å². The van der Waals surface area contributed by atoms with Crippen LogP contribution < -0.4 is 0 Å². The Labute approximate surface area is 221 Å². The normalized spacial score (nSPS) is 24.4. The van der Waals surface area contributed by atoms with Crippen LogP contribution in [-0.4, -0.2) is 9.52 Å². The van der Waals surface area contributed by atoms with E-state index in [1.54, 1.807) is 0 Å². The maximum Gasteiger partial charge on any atom is 0.118 e. The van der Waals surface area contributed by atoms with Crippen molar-refractivity contribution in [3.63, 3.8) is 0 Å². The second kappa shape index (κ2) is 8.90. The number of fused-ring (bicyclic) bond motifs is 2. The average molecular weight is 515 g/mol. The van der Waals surface area contributed by atoms with E-state index in [2.05, 4.69) is 91.8 Å². The molecule has 0 aromatic heterocycles. The minimum atomic E-state index is -0.580. The molecule has 0 spiro atoms. The van der Waals surface area contributed by atoms with Gasteiger partial charge in [-0.2, -0.15) is 0 Å². The van der Waals surface area contributed by atoms with Crippen LogP contribution in [0, 0.1) is 0 Å². The number of hydrogen-bond donors (Lipinski definition) is 0. The number of benzene rings is 2. The molecule has 32 heavy (non-hydrogen) atoms. The third-order valence-electron chi connectivity index (χ3n) is 7.43. The zero-order valence-electron chi connectivity index (χ0n) is 20.4. The predicted molar refractivity (Wildman–Crippen MR) is 138 cm³/mol. The van der Waals surface area contributed by atoms with Crippen LogP contribution in [0.3, 0.4) is 0 Å². The Morgan fingerprint density at radius 1 is 0.656 bits per heavy atom. The number of rotatable bonds is 4. The molecule has 2 atom stereocenters. The van der Waals surface area contributed by atoms with E-state index in [4.69, 9.17) is 23.2 Å². The van der Waals surface area contributed by atoms with Gasteiger partial charge in [0.2, 0.25) is 0 Å². The molecule has 2 radical (unpaired) electrons. The first kappa shape index (κ1) is 26.0. The summed E-state index contributed by atoms with van der Waals surface area (Å²) in [5.74, 6) is 0.907. The summed E-state index contributed by atoms with van der Waals surface area (Å²) in [5, 5.41) is 0. The van der Waals surface area contributed by atoms with Crippen molar-refractivity contribution in [2.24, 2.45) is 0 Å². The fourth-order valence-corrected chi connectivity index (χ4v) is 8.87. The smallest absolute Gasteiger partial charge is 0.114 e. The van der Waals surface area contributed by atoms with Gasteiger partial charge in [0.15, 0.2) is 0 Å². The van der Waals surface area contributed by atoms with Crippen molar-refractivity contribution >= 4 is 43.9 Å². The zero-order chi connectivity index (χ0) is 22.9. The summed E-state index contributed by atoms with van der Waals surface area (Å²) in [7, 11) is 0.307. The van der Waals surface area contributed by atoms with E-state index in [0.717, 1.165) is 0 Å². The minimum Gasteiger partial charge on any atom is -0.114 e. The molecule has 166 valence electrons. The Kier molecular flexibility index (Phi) is 7.24. The molecule has 4 heteroatoms. The molecule has 2 aliphatic rings. The summed E-state index contributed by atoms with van der Waals surface area (Å²) in [5.41, 5.74) is 13.0. The van der Waals surface area contributed by atoms with Gasteiger partial charge >= 0.3 is 0 Å². The topological polar surface area (TPSA) is 0 Å². The van der Waals surface area contributed by atoms with Gasteiger partial charge in [-0.25, -0.2) is 0 Å². The standard InChI is InChI=1S/C28H32Cl2Si.Ti/c1-15(2)21-11-9-13-23-25(21)17(5)19(7)27(23,29)31-28(30)20(8)18(6)26-22(16(3)4)12-10-14-24(26)28;/h9-16H,1-8H3;. The molecule has 0 saturated heterocycles. The van der Waals surface area contributed by atoms with Crippen molar-refractivity contribution in [1.82, 2.24) is 0 Å². The summed E-state index contributed by atoms with van der Waals surface area (Å²) in [6.07, 6.45) is 0. The Bertz CT molecular complexity index is 1050. The van der Waals surface area contributed by atoms with E-state index in [-0.39, 0.29) is 21.7 Å². The maximum atomic E-state index is 7.62. The first-order valence-corrected chi connectivity index (χ1v) is 13.0. The molecular weight excluding hydrogens is 483 g/mol. The molecule has 0 heterocycles. The Balaban J connectivity index is 0.00000289. The summed E-state index contributed by atoms with van der Waals surface area (Å²) in [4.78, 5) is 0. The predicted octanol–water partition coefficient (Wildman–Crippen LogP) is 8.73. The van der Waals surface area contributed by atoms with Crippen LogP contribution in [0.25, 0.3) is 11.1 Å². The van der Waals surface area contributed by atoms with Crippen molar-refractivity contribution in [2.75, 3.05) is 0 Å². The third kappa shape index (κ3) is 3.59. The molecular formula is C28H32Cl2SiTi. The Morgan fingerprint density at radius 2 is 1.00 bits per heavy atom. The van der Waals surface area contributed by atoms with Gasteiger partial charge in [0.1, 0.15) is 9.52 Å².